The molecule has 0 aliphatic rings. The van der Waals surface area contributed by atoms with Gasteiger partial charge in [0.1, 0.15) is 22.4 Å². The summed E-state index contributed by atoms with van der Waals surface area (Å²) in [4.78, 5) is 8.45. The molecule has 0 spiro atoms. The van der Waals surface area contributed by atoms with Crippen molar-refractivity contribution in [3.05, 3.63) is 10.8 Å². The summed E-state index contributed by atoms with van der Waals surface area (Å²) in [5.74, 6) is 2.41. The third kappa shape index (κ3) is 4.89. The molecule has 0 unspecified atom stereocenters. The minimum atomic E-state index is 0.695. The molecule has 0 saturated carbocycles. The Morgan fingerprint density at radius 1 is 1.18 bits per heavy atom. The zero-order chi connectivity index (χ0) is 12.7. The van der Waals surface area contributed by atoms with E-state index >= 15 is 0 Å². The van der Waals surface area contributed by atoms with Crippen molar-refractivity contribution < 1.29 is 0 Å². The van der Waals surface area contributed by atoms with Gasteiger partial charge in [0.25, 0.3) is 0 Å². The second-order valence-electron chi connectivity index (χ2n) is 4.42. The first-order chi connectivity index (χ1) is 8.15. The lowest BCUT2D eigenvalue weighted by atomic mass is 10.1. The van der Waals surface area contributed by atoms with Crippen molar-refractivity contribution in [3.63, 3.8) is 0 Å². The van der Waals surface area contributed by atoms with Gasteiger partial charge in [-0.25, -0.2) is 9.97 Å². The lowest BCUT2D eigenvalue weighted by Gasteiger charge is -2.12. The third-order valence-corrected chi connectivity index (χ3v) is 3.10. The molecule has 96 valence electrons. The van der Waals surface area contributed by atoms with Crippen molar-refractivity contribution in [1.29, 1.82) is 0 Å². The van der Waals surface area contributed by atoms with Crippen molar-refractivity contribution in [1.82, 2.24) is 9.97 Å². The van der Waals surface area contributed by atoms with E-state index in [9.17, 15) is 0 Å². The van der Waals surface area contributed by atoms with Crippen LogP contribution in [0.4, 0.5) is 11.6 Å². The Labute approximate surface area is 112 Å². The average Bonchev–Trinajstić information content (AvgIpc) is 2.29. The van der Waals surface area contributed by atoms with Gasteiger partial charge in [0, 0.05) is 13.1 Å². The first-order valence-corrected chi connectivity index (χ1v) is 6.92. The second-order valence-corrected chi connectivity index (χ2v) is 5.21. The second kappa shape index (κ2) is 7.48. The molecule has 0 radical (unpaired) electrons. The number of hydrogen-bond acceptors (Lipinski definition) is 4. The van der Waals surface area contributed by atoms with Gasteiger partial charge in [-0.2, -0.15) is 0 Å². The number of hydrogen-bond donors (Lipinski definition) is 2. The molecule has 17 heavy (non-hydrogen) atoms. The predicted octanol–water partition coefficient (Wildman–Crippen LogP) is 3.52. The van der Waals surface area contributed by atoms with Crippen LogP contribution in [0.15, 0.2) is 10.8 Å². The van der Waals surface area contributed by atoms with Gasteiger partial charge in [-0.15, -0.1) is 0 Å². The Balaban J connectivity index is 2.59. The SMILES string of the molecule is CCCNc1ncnc(NCCC(C)C)c1Br. The first-order valence-electron chi connectivity index (χ1n) is 6.13. The Bertz CT molecular complexity index is 341. The molecule has 0 aliphatic heterocycles. The maximum atomic E-state index is 4.23. The van der Waals surface area contributed by atoms with Gasteiger partial charge in [0.05, 0.1) is 0 Å². The molecule has 0 atom stereocenters. The molecule has 5 heteroatoms. The number of nitrogens with zero attached hydrogens (tertiary/aromatic N) is 2. The predicted molar refractivity (Wildman–Crippen MR) is 76.5 cm³/mol. The van der Waals surface area contributed by atoms with Crippen molar-refractivity contribution in [2.24, 2.45) is 5.92 Å². The molecule has 1 aromatic rings. The summed E-state index contributed by atoms with van der Waals surface area (Å²) in [6, 6.07) is 0. The normalized spacial score (nSPS) is 10.6. The Morgan fingerprint density at radius 3 is 2.29 bits per heavy atom. The van der Waals surface area contributed by atoms with Crippen molar-refractivity contribution in [3.8, 4) is 0 Å². The van der Waals surface area contributed by atoms with Crippen LogP contribution in [0, 0.1) is 5.92 Å². The largest absolute Gasteiger partial charge is 0.369 e. The van der Waals surface area contributed by atoms with Gasteiger partial charge in [-0.3, -0.25) is 0 Å². The van der Waals surface area contributed by atoms with Crippen LogP contribution in [0.2, 0.25) is 0 Å². The fourth-order valence-electron chi connectivity index (χ4n) is 1.34. The van der Waals surface area contributed by atoms with Crippen molar-refractivity contribution in [2.45, 2.75) is 33.6 Å². The molecule has 2 N–H and O–H groups in total. The highest BCUT2D eigenvalue weighted by Gasteiger charge is 2.07. The third-order valence-electron chi connectivity index (χ3n) is 2.35. The van der Waals surface area contributed by atoms with E-state index in [1.807, 2.05) is 0 Å². The van der Waals surface area contributed by atoms with Gasteiger partial charge in [0.2, 0.25) is 0 Å². The van der Waals surface area contributed by atoms with Gasteiger partial charge in [-0.05, 0) is 34.7 Å². The molecule has 0 aliphatic carbocycles. The van der Waals surface area contributed by atoms with Gasteiger partial charge >= 0.3 is 0 Å². The van der Waals surface area contributed by atoms with E-state index in [-0.39, 0.29) is 0 Å². The van der Waals surface area contributed by atoms with Crippen LogP contribution in [0.3, 0.4) is 0 Å². The first kappa shape index (κ1) is 14.2. The molecule has 0 bridgehead atoms. The number of rotatable bonds is 7. The highest BCUT2D eigenvalue weighted by molar-refractivity contribution is 9.10. The van der Waals surface area contributed by atoms with Crippen LogP contribution < -0.4 is 10.6 Å². The summed E-state index contributed by atoms with van der Waals surface area (Å²) < 4.78 is 0.914. The quantitative estimate of drug-likeness (QED) is 0.809. The van der Waals surface area contributed by atoms with Crippen LogP contribution in [0.5, 0.6) is 0 Å². The Kier molecular flexibility index (Phi) is 6.26. The fourth-order valence-corrected chi connectivity index (χ4v) is 1.82. The molecular formula is C12H21BrN4. The van der Waals surface area contributed by atoms with Gasteiger partial charge in [-0.1, -0.05) is 20.8 Å². The zero-order valence-corrected chi connectivity index (χ0v) is 12.3. The van der Waals surface area contributed by atoms with E-state index < -0.39 is 0 Å². The maximum absolute atomic E-state index is 4.23. The number of nitrogens with one attached hydrogen (secondary N) is 2. The van der Waals surface area contributed by atoms with Crippen LogP contribution in [0.1, 0.15) is 33.6 Å². The van der Waals surface area contributed by atoms with E-state index in [1.54, 1.807) is 6.33 Å². The Hall–Kier alpha value is -0.840. The molecule has 0 saturated heterocycles. The van der Waals surface area contributed by atoms with E-state index in [0.29, 0.717) is 5.92 Å². The topological polar surface area (TPSA) is 49.8 Å². The standard InChI is InChI=1S/C12H21BrN4/c1-4-6-14-11-10(13)12(17-8-16-11)15-7-5-9(2)3/h8-9H,4-7H2,1-3H3,(H2,14,15,16,17). The lowest BCUT2D eigenvalue weighted by Crippen LogP contribution is -2.09. The molecular weight excluding hydrogens is 280 g/mol. The number of anilines is 2. The fraction of sp³-hybridized carbons (Fsp3) is 0.667. The van der Waals surface area contributed by atoms with Crippen LogP contribution >= 0.6 is 15.9 Å². The summed E-state index contributed by atoms with van der Waals surface area (Å²) in [5, 5.41) is 6.59. The molecule has 1 aromatic heterocycles. The zero-order valence-electron chi connectivity index (χ0n) is 10.8. The van der Waals surface area contributed by atoms with Crippen molar-refractivity contribution in [2.75, 3.05) is 23.7 Å². The maximum Gasteiger partial charge on any atom is 0.145 e. The minimum Gasteiger partial charge on any atom is -0.369 e. The molecule has 1 rings (SSSR count). The van der Waals surface area contributed by atoms with E-state index in [4.69, 9.17) is 0 Å². The van der Waals surface area contributed by atoms with Gasteiger partial charge < -0.3 is 10.6 Å². The summed E-state index contributed by atoms with van der Waals surface area (Å²) in [6.45, 7) is 8.40. The molecule has 1 heterocycles. The summed E-state index contributed by atoms with van der Waals surface area (Å²) in [7, 11) is 0. The van der Waals surface area contributed by atoms with Crippen molar-refractivity contribution >= 4 is 27.6 Å². The summed E-state index contributed by atoms with van der Waals surface area (Å²) >= 11 is 3.53. The average molecular weight is 301 g/mol. The Morgan fingerprint density at radius 2 is 1.76 bits per heavy atom. The lowest BCUT2D eigenvalue weighted by molar-refractivity contribution is 0.606. The van der Waals surface area contributed by atoms with Gasteiger partial charge in [0.15, 0.2) is 0 Å². The molecule has 4 nitrogen and oxygen atoms in total. The van der Waals surface area contributed by atoms with E-state index in [2.05, 4.69) is 57.3 Å². The van der Waals surface area contributed by atoms with Crippen LogP contribution in [-0.2, 0) is 0 Å². The highest BCUT2D eigenvalue weighted by Crippen LogP contribution is 2.26. The smallest absolute Gasteiger partial charge is 0.145 e. The van der Waals surface area contributed by atoms with E-state index in [1.165, 1.54) is 0 Å². The number of aromatic nitrogens is 2. The summed E-state index contributed by atoms with van der Waals surface area (Å²) in [6.07, 6.45) is 3.79. The van der Waals surface area contributed by atoms with Crippen LogP contribution in [-0.4, -0.2) is 23.1 Å². The number of halogens is 1. The molecule has 0 amide bonds. The molecule has 0 aromatic carbocycles. The molecule has 0 fully saturated rings. The minimum absolute atomic E-state index is 0.695. The summed E-state index contributed by atoms with van der Waals surface area (Å²) in [5.41, 5.74) is 0. The monoisotopic (exact) mass is 300 g/mol. The van der Waals surface area contributed by atoms with E-state index in [0.717, 1.165) is 42.0 Å². The highest BCUT2D eigenvalue weighted by atomic mass is 79.9. The van der Waals surface area contributed by atoms with Crippen LogP contribution in [0.25, 0.3) is 0 Å².